The summed E-state index contributed by atoms with van der Waals surface area (Å²) in [4.78, 5) is 20.6. The van der Waals surface area contributed by atoms with Crippen molar-refractivity contribution >= 4 is 17.3 Å². The summed E-state index contributed by atoms with van der Waals surface area (Å²) in [6.45, 7) is 2.02. The highest BCUT2D eigenvalue weighted by Gasteiger charge is 2.21. The van der Waals surface area contributed by atoms with Crippen molar-refractivity contribution in [2.45, 2.75) is 19.8 Å². The average molecular weight is 252 g/mol. The third-order valence-corrected chi connectivity index (χ3v) is 2.96. The molecule has 17 heavy (non-hydrogen) atoms. The van der Waals surface area contributed by atoms with E-state index < -0.39 is 5.97 Å². The third-order valence-electron chi connectivity index (χ3n) is 2.20. The Morgan fingerprint density at radius 1 is 1.59 bits per heavy atom. The van der Waals surface area contributed by atoms with Crippen molar-refractivity contribution in [1.29, 1.82) is 0 Å². The van der Waals surface area contributed by atoms with Gasteiger partial charge >= 0.3 is 5.97 Å². The highest BCUT2D eigenvalue weighted by atomic mass is 32.1. The number of esters is 1. The Kier molecular flexibility index (Phi) is 3.53. The Labute approximate surface area is 102 Å². The van der Waals surface area contributed by atoms with Crippen LogP contribution in [0.4, 0.5) is 0 Å². The van der Waals surface area contributed by atoms with Crippen LogP contribution < -0.4 is 0 Å². The normalized spacial score (nSPS) is 10.5. The minimum atomic E-state index is -0.489. The highest BCUT2D eigenvalue weighted by Crippen LogP contribution is 2.26. The van der Waals surface area contributed by atoms with E-state index in [1.807, 2.05) is 6.92 Å². The van der Waals surface area contributed by atoms with Crippen LogP contribution in [0.25, 0.3) is 10.8 Å². The average Bonchev–Trinajstić information content (AvgIpc) is 2.96. The topological polar surface area (TPSA) is 65.2 Å². The molecule has 0 atom stereocenters. The molecule has 2 rings (SSSR count). The summed E-state index contributed by atoms with van der Waals surface area (Å²) in [5.74, 6) is 0.130. The second-order valence-corrected chi connectivity index (χ2v) is 4.29. The summed E-state index contributed by atoms with van der Waals surface area (Å²) in [6.07, 6.45) is 3.23. The van der Waals surface area contributed by atoms with E-state index in [-0.39, 0.29) is 5.76 Å². The summed E-state index contributed by atoms with van der Waals surface area (Å²) in [5.41, 5.74) is 2.33. The predicted molar refractivity (Wildman–Crippen MR) is 62.9 cm³/mol. The van der Waals surface area contributed by atoms with Gasteiger partial charge in [-0.25, -0.2) is 9.78 Å². The van der Waals surface area contributed by atoms with Gasteiger partial charge in [0.05, 0.1) is 24.5 Å². The summed E-state index contributed by atoms with van der Waals surface area (Å²) in [6, 6.07) is 0. The molecule has 0 radical (unpaired) electrons. The van der Waals surface area contributed by atoms with Gasteiger partial charge in [-0.2, -0.15) is 0 Å². The zero-order chi connectivity index (χ0) is 12.3. The fraction of sp³-hybridized carbons (Fsp3) is 0.364. The van der Waals surface area contributed by atoms with Crippen LogP contribution in [0.3, 0.4) is 0 Å². The number of ether oxygens (including phenoxy) is 1. The van der Waals surface area contributed by atoms with Gasteiger partial charge in [0.15, 0.2) is 0 Å². The van der Waals surface area contributed by atoms with Crippen LogP contribution in [0, 0.1) is 0 Å². The van der Waals surface area contributed by atoms with Gasteiger partial charge in [0, 0.05) is 0 Å². The predicted octanol–water partition coefficient (Wildman–Crippen LogP) is 2.54. The standard InChI is InChI=1S/C11H12N2O3S/c1-3-4-7-9(11(14)15-2)16-10(13-7)8-5-12-6-17-8/h5-6H,3-4H2,1-2H3. The van der Waals surface area contributed by atoms with Crippen LogP contribution in [0.5, 0.6) is 0 Å². The quantitative estimate of drug-likeness (QED) is 0.782. The minimum Gasteiger partial charge on any atom is -0.463 e. The Morgan fingerprint density at radius 2 is 2.41 bits per heavy atom. The molecule has 0 aliphatic carbocycles. The van der Waals surface area contributed by atoms with Crippen molar-refractivity contribution in [3.63, 3.8) is 0 Å². The largest absolute Gasteiger partial charge is 0.463 e. The fourth-order valence-electron chi connectivity index (χ4n) is 1.44. The number of rotatable bonds is 4. The van der Waals surface area contributed by atoms with E-state index in [4.69, 9.17) is 4.42 Å². The molecular weight excluding hydrogens is 240 g/mol. The van der Waals surface area contributed by atoms with E-state index >= 15 is 0 Å². The number of hydrogen-bond acceptors (Lipinski definition) is 6. The monoisotopic (exact) mass is 252 g/mol. The van der Waals surface area contributed by atoms with E-state index in [1.165, 1.54) is 18.4 Å². The van der Waals surface area contributed by atoms with Crippen molar-refractivity contribution in [1.82, 2.24) is 9.97 Å². The molecule has 2 aromatic rings. The summed E-state index contributed by atoms with van der Waals surface area (Å²) in [7, 11) is 1.33. The Balaban J connectivity index is 2.40. The van der Waals surface area contributed by atoms with Gasteiger partial charge in [0.25, 0.3) is 0 Å². The number of carbonyl (C=O) groups excluding carboxylic acids is 1. The van der Waals surface area contributed by atoms with Crippen molar-refractivity contribution in [2.75, 3.05) is 7.11 Å². The molecule has 0 fully saturated rings. The molecule has 0 unspecified atom stereocenters. The molecule has 0 saturated heterocycles. The molecule has 0 amide bonds. The number of aromatic nitrogens is 2. The first kappa shape index (κ1) is 11.8. The van der Waals surface area contributed by atoms with Gasteiger partial charge in [-0.1, -0.05) is 13.3 Å². The number of hydrogen-bond donors (Lipinski definition) is 0. The lowest BCUT2D eigenvalue weighted by atomic mass is 10.2. The first-order chi connectivity index (χ1) is 8.26. The van der Waals surface area contributed by atoms with E-state index in [2.05, 4.69) is 14.7 Å². The summed E-state index contributed by atoms with van der Waals surface area (Å²) in [5, 5.41) is 0. The Hall–Kier alpha value is -1.69. The number of carbonyl (C=O) groups is 1. The van der Waals surface area contributed by atoms with Gasteiger partial charge in [0.2, 0.25) is 11.7 Å². The second-order valence-electron chi connectivity index (χ2n) is 3.40. The van der Waals surface area contributed by atoms with E-state index in [0.717, 1.165) is 11.3 Å². The van der Waals surface area contributed by atoms with Crippen molar-refractivity contribution in [3.8, 4) is 10.8 Å². The lowest BCUT2D eigenvalue weighted by molar-refractivity contribution is 0.0564. The SMILES string of the molecule is CCCc1nc(-c2cncs2)oc1C(=O)OC. The van der Waals surface area contributed by atoms with Crippen LogP contribution in [-0.4, -0.2) is 23.0 Å². The molecule has 0 aliphatic rings. The molecule has 0 bridgehead atoms. The number of nitrogens with zero attached hydrogens (tertiary/aromatic N) is 2. The molecule has 5 nitrogen and oxygen atoms in total. The van der Waals surface area contributed by atoms with Gasteiger partial charge in [0.1, 0.15) is 4.88 Å². The second kappa shape index (κ2) is 5.09. The highest BCUT2D eigenvalue weighted by molar-refractivity contribution is 7.13. The number of methoxy groups -OCH3 is 1. The first-order valence-electron chi connectivity index (χ1n) is 5.23. The molecule has 0 spiro atoms. The van der Waals surface area contributed by atoms with E-state index in [0.29, 0.717) is 18.0 Å². The molecule has 0 aromatic carbocycles. The molecular formula is C11H12N2O3S. The first-order valence-corrected chi connectivity index (χ1v) is 6.11. The van der Waals surface area contributed by atoms with Crippen LogP contribution in [0.1, 0.15) is 29.6 Å². The van der Waals surface area contributed by atoms with Crippen molar-refractivity contribution in [3.05, 3.63) is 23.2 Å². The van der Waals surface area contributed by atoms with Crippen LogP contribution in [-0.2, 0) is 11.2 Å². The lowest BCUT2D eigenvalue weighted by Crippen LogP contribution is -2.03. The Morgan fingerprint density at radius 3 is 3.00 bits per heavy atom. The summed E-state index contributed by atoms with van der Waals surface area (Å²) < 4.78 is 10.1. The summed E-state index contributed by atoms with van der Waals surface area (Å²) >= 11 is 1.42. The smallest absolute Gasteiger partial charge is 0.376 e. The van der Waals surface area contributed by atoms with E-state index in [1.54, 1.807) is 11.7 Å². The van der Waals surface area contributed by atoms with Gasteiger partial charge in [-0.3, -0.25) is 4.98 Å². The molecule has 0 N–H and O–H groups in total. The van der Waals surface area contributed by atoms with E-state index in [9.17, 15) is 4.79 Å². The maximum Gasteiger partial charge on any atom is 0.376 e. The molecule has 2 aromatic heterocycles. The molecule has 0 saturated carbocycles. The third kappa shape index (κ3) is 2.36. The molecule has 90 valence electrons. The fourth-order valence-corrected chi connectivity index (χ4v) is 1.98. The maximum absolute atomic E-state index is 11.5. The van der Waals surface area contributed by atoms with Crippen LogP contribution in [0.15, 0.2) is 16.1 Å². The van der Waals surface area contributed by atoms with Crippen molar-refractivity contribution in [2.24, 2.45) is 0 Å². The lowest BCUT2D eigenvalue weighted by Gasteiger charge is -1.95. The van der Waals surface area contributed by atoms with Gasteiger partial charge in [-0.05, 0) is 6.42 Å². The van der Waals surface area contributed by atoms with Gasteiger partial charge < -0.3 is 9.15 Å². The Bertz CT molecular complexity index is 505. The molecule has 0 aliphatic heterocycles. The zero-order valence-electron chi connectivity index (χ0n) is 9.60. The number of thiazole rings is 1. The van der Waals surface area contributed by atoms with Crippen LogP contribution >= 0.6 is 11.3 Å². The number of aryl methyl sites for hydroxylation is 1. The minimum absolute atomic E-state index is 0.192. The zero-order valence-corrected chi connectivity index (χ0v) is 10.4. The molecule has 6 heteroatoms. The van der Waals surface area contributed by atoms with Gasteiger partial charge in [-0.15, -0.1) is 11.3 Å². The maximum atomic E-state index is 11.5. The van der Waals surface area contributed by atoms with Crippen LogP contribution in [0.2, 0.25) is 0 Å². The number of oxazole rings is 1. The molecule has 2 heterocycles. The van der Waals surface area contributed by atoms with Crippen molar-refractivity contribution < 1.29 is 13.9 Å².